The van der Waals surface area contributed by atoms with Crippen molar-refractivity contribution in [3.8, 4) is 0 Å². The van der Waals surface area contributed by atoms with Crippen LogP contribution in [0.4, 0.5) is 0 Å². The summed E-state index contributed by atoms with van der Waals surface area (Å²) < 4.78 is 36.9. The summed E-state index contributed by atoms with van der Waals surface area (Å²) in [6.07, 6.45) is 0.950. The Balaban J connectivity index is 1.90. The Hall–Kier alpha value is -1.15. The normalized spacial score (nSPS) is 19.8. The number of benzene rings is 1. The van der Waals surface area contributed by atoms with E-state index in [1.807, 2.05) is 4.72 Å². The van der Waals surface area contributed by atoms with Gasteiger partial charge in [-0.1, -0.05) is 11.6 Å². The van der Waals surface area contributed by atoms with Gasteiger partial charge in [0.15, 0.2) is 0 Å². The molecule has 1 amide bonds. The van der Waals surface area contributed by atoms with Gasteiger partial charge in [-0.2, -0.15) is 0 Å². The van der Waals surface area contributed by atoms with Crippen LogP contribution in [0.5, 0.6) is 0 Å². The van der Waals surface area contributed by atoms with Crippen LogP contribution in [0, 0.1) is 0 Å². The van der Waals surface area contributed by atoms with Gasteiger partial charge < -0.3 is 9.47 Å². The molecule has 0 saturated carbocycles. The van der Waals surface area contributed by atoms with E-state index in [0.717, 1.165) is 12.8 Å². The van der Waals surface area contributed by atoms with Crippen molar-refractivity contribution in [2.24, 2.45) is 0 Å². The minimum Gasteiger partial charge on any atom is -0.376 e. The predicted octanol–water partition coefficient (Wildman–Crippen LogP) is 1.73. The van der Waals surface area contributed by atoms with E-state index >= 15 is 0 Å². The second-order valence-electron chi connectivity index (χ2n) is 5.03. The first-order valence-corrected chi connectivity index (χ1v) is 8.80. The quantitative estimate of drug-likeness (QED) is 0.847. The van der Waals surface area contributed by atoms with Gasteiger partial charge in [0.05, 0.1) is 17.6 Å². The van der Waals surface area contributed by atoms with Crippen LogP contribution >= 0.6 is 11.6 Å². The third kappa shape index (κ3) is 4.67. The van der Waals surface area contributed by atoms with Crippen molar-refractivity contribution in [3.63, 3.8) is 0 Å². The molecule has 0 bridgehead atoms. The first kappa shape index (κ1) is 17.2. The molecule has 1 aromatic rings. The van der Waals surface area contributed by atoms with Gasteiger partial charge >= 0.3 is 0 Å². The monoisotopic (exact) mass is 347 g/mol. The van der Waals surface area contributed by atoms with Crippen molar-refractivity contribution >= 4 is 27.5 Å². The van der Waals surface area contributed by atoms with E-state index in [-0.39, 0.29) is 17.6 Å². The molecular weight excluding hydrogens is 330 g/mol. The number of rotatable bonds is 6. The highest BCUT2D eigenvalue weighted by molar-refractivity contribution is 7.90. The van der Waals surface area contributed by atoms with E-state index in [1.165, 1.54) is 31.2 Å². The van der Waals surface area contributed by atoms with Crippen molar-refractivity contribution in [2.45, 2.75) is 36.9 Å². The van der Waals surface area contributed by atoms with Crippen molar-refractivity contribution in [1.82, 2.24) is 4.72 Å². The molecular formula is C14H18ClNO5S. The van der Waals surface area contributed by atoms with Gasteiger partial charge in [-0.3, -0.25) is 4.79 Å². The number of ether oxygens (including phenoxy) is 2. The molecule has 0 radical (unpaired) electrons. The predicted molar refractivity (Wildman–Crippen MR) is 81.2 cm³/mol. The van der Waals surface area contributed by atoms with Crippen LogP contribution in [0.2, 0.25) is 5.02 Å². The first-order valence-electron chi connectivity index (χ1n) is 6.94. The first-order chi connectivity index (χ1) is 10.4. The van der Waals surface area contributed by atoms with E-state index < -0.39 is 22.0 Å². The maximum absolute atomic E-state index is 12.1. The third-order valence-corrected chi connectivity index (χ3v) is 4.90. The lowest BCUT2D eigenvalue weighted by atomic mass is 10.2. The molecule has 0 spiro atoms. The van der Waals surface area contributed by atoms with E-state index in [0.29, 0.717) is 11.6 Å². The van der Waals surface area contributed by atoms with Crippen LogP contribution in [0.1, 0.15) is 19.8 Å². The molecule has 1 aliphatic rings. The summed E-state index contributed by atoms with van der Waals surface area (Å²) in [6, 6.07) is 5.54. The molecule has 8 heteroatoms. The van der Waals surface area contributed by atoms with E-state index in [2.05, 4.69) is 0 Å². The van der Waals surface area contributed by atoms with E-state index in [1.54, 1.807) is 0 Å². The number of halogens is 1. The molecule has 2 rings (SSSR count). The molecule has 22 heavy (non-hydrogen) atoms. The second kappa shape index (κ2) is 7.41. The molecule has 0 aliphatic carbocycles. The van der Waals surface area contributed by atoms with E-state index in [4.69, 9.17) is 21.1 Å². The molecule has 1 N–H and O–H groups in total. The van der Waals surface area contributed by atoms with Crippen LogP contribution in [0.25, 0.3) is 0 Å². The van der Waals surface area contributed by atoms with Gasteiger partial charge in [-0.05, 0) is 44.0 Å². The van der Waals surface area contributed by atoms with Gasteiger partial charge in [-0.25, -0.2) is 13.1 Å². The molecule has 1 aromatic carbocycles. The Morgan fingerprint density at radius 1 is 1.45 bits per heavy atom. The summed E-state index contributed by atoms with van der Waals surface area (Å²) in [5.41, 5.74) is 0. The summed E-state index contributed by atoms with van der Waals surface area (Å²) in [7, 11) is -3.93. The lowest BCUT2D eigenvalue weighted by molar-refractivity contribution is -0.131. The minimum atomic E-state index is -3.93. The standard InChI is InChI=1S/C14H18ClNO5S/c1-10(21-9-12-3-2-8-20-12)14(17)16-22(18,19)13-6-4-11(15)5-7-13/h4-7,10,12H,2-3,8-9H2,1H3,(H,16,17)/t10-,12+/m1/s1. The molecule has 1 aliphatic heterocycles. The van der Waals surface area contributed by atoms with Gasteiger partial charge in [-0.15, -0.1) is 0 Å². The highest BCUT2D eigenvalue weighted by atomic mass is 35.5. The van der Waals surface area contributed by atoms with Crippen molar-refractivity contribution < 1.29 is 22.7 Å². The fourth-order valence-corrected chi connectivity index (χ4v) is 3.16. The molecule has 6 nitrogen and oxygen atoms in total. The maximum atomic E-state index is 12.1. The fourth-order valence-electron chi connectivity index (χ4n) is 1.99. The van der Waals surface area contributed by atoms with Crippen molar-refractivity contribution in [3.05, 3.63) is 29.3 Å². The maximum Gasteiger partial charge on any atom is 0.264 e. The second-order valence-corrected chi connectivity index (χ2v) is 7.15. The average Bonchev–Trinajstić information content (AvgIpc) is 2.98. The largest absolute Gasteiger partial charge is 0.376 e. The van der Waals surface area contributed by atoms with Crippen LogP contribution in [0.3, 0.4) is 0 Å². The zero-order chi connectivity index (χ0) is 16.2. The Morgan fingerprint density at radius 3 is 2.73 bits per heavy atom. The summed E-state index contributed by atoms with van der Waals surface area (Å²) >= 11 is 5.71. The zero-order valence-electron chi connectivity index (χ0n) is 12.1. The fraction of sp³-hybridized carbons (Fsp3) is 0.500. The SMILES string of the molecule is C[C@@H](OC[C@@H]1CCCO1)C(=O)NS(=O)(=O)c1ccc(Cl)cc1. The molecule has 1 fully saturated rings. The van der Waals surface area contributed by atoms with Gasteiger partial charge in [0, 0.05) is 11.6 Å². The van der Waals surface area contributed by atoms with Crippen LogP contribution in [-0.2, 0) is 24.3 Å². The van der Waals surface area contributed by atoms with Crippen LogP contribution in [-0.4, -0.2) is 39.7 Å². The van der Waals surface area contributed by atoms with Gasteiger partial charge in [0.2, 0.25) is 0 Å². The third-order valence-electron chi connectivity index (χ3n) is 3.28. The molecule has 1 saturated heterocycles. The molecule has 2 atom stereocenters. The lowest BCUT2D eigenvalue weighted by Gasteiger charge is -2.16. The van der Waals surface area contributed by atoms with E-state index in [9.17, 15) is 13.2 Å². The Labute approximate surface area is 134 Å². The van der Waals surface area contributed by atoms with Crippen molar-refractivity contribution in [1.29, 1.82) is 0 Å². The van der Waals surface area contributed by atoms with Crippen LogP contribution < -0.4 is 4.72 Å². The topological polar surface area (TPSA) is 81.7 Å². The number of sulfonamides is 1. The highest BCUT2D eigenvalue weighted by Crippen LogP contribution is 2.15. The molecule has 0 unspecified atom stereocenters. The van der Waals surface area contributed by atoms with Gasteiger partial charge in [0.1, 0.15) is 6.10 Å². The Bertz CT molecular complexity index is 611. The zero-order valence-corrected chi connectivity index (χ0v) is 13.7. The molecule has 1 heterocycles. The number of carbonyl (C=O) groups is 1. The number of hydrogen-bond acceptors (Lipinski definition) is 5. The summed E-state index contributed by atoms with van der Waals surface area (Å²) in [5, 5.41) is 0.415. The van der Waals surface area contributed by atoms with Gasteiger partial charge in [0.25, 0.3) is 15.9 Å². The van der Waals surface area contributed by atoms with Crippen LogP contribution in [0.15, 0.2) is 29.2 Å². The Morgan fingerprint density at radius 2 is 2.14 bits per heavy atom. The molecule has 0 aromatic heterocycles. The van der Waals surface area contributed by atoms with Crippen molar-refractivity contribution in [2.75, 3.05) is 13.2 Å². The highest BCUT2D eigenvalue weighted by Gasteiger charge is 2.24. The lowest BCUT2D eigenvalue weighted by Crippen LogP contribution is -2.39. The number of amides is 1. The smallest absolute Gasteiger partial charge is 0.264 e. The molecule has 122 valence electrons. The number of nitrogens with one attached hydrogen (secondary N) is 1. The summed E-state index contributed by atoms with van der Waals surface area (Å²) in [4.78, 5) is 11.9. The minimum absolute atomic E-state index is 0.0249. The number of carbonyl (C=O) groups excluding carboxylic acids is 1. The Kier molecular flexibility index (Phi) is 5.80. The summed E-state index contributed by atoms with van der Waals surface area (Å²) in [5.74, 6) is -0.715. The number of hydrogen-bond donors (Lipinski definition) is 1. The average molecular weight is 348 g/mol. The summed E-state index contributed by atoms with van der Waals surface area (Å²) in [6.45, 7) is 2.47.